The highest BCUT2D eigenvalue weighted by atomic mass is 16.5. The molecule has 1 atom stereocenters. The fourth-order valence-corrected chi connectivity index (χ4v) is 1.92. The van der Waals surface area contributed by atoms with E-state index >= 15 is 0 Å². The van der Waals surface area contributed by atoms with Gasteiger partial charge in [-0.1, -0.05) is 0 Å². The molecule has 8 nitrogen and oxygen atoms in total. The Morgan fingerprint density at radius 1 is 1.28 bits per heavy atom. The topological polar surface area (TPSA) is 96.0 Å². The largest absolute Gasteiger partial charge is 0.378 e. The minimum absolute atomic E-state index is 0.364. The molecule has 2 heterocycles. The molecule has 2 aliphatic rings. The zero-order valence-corrected chi connectivity index (χ0v) is 9.84. The lowest BCUT2D eigenvalue weighted by atomic mass is 10.2. The molecule has 0 saturated carbocycles. The summed E-state index contributed by atoms with van der Waals surface area (Å²) in [6, 6.07) is -1.83. The smallest absolute Gasteiger partial charge is 0.332 e. The molecule has 2 saturated heterocycles. The molecule has 18 heavy (non-hydrogen) atoms. The summed E-state index contributed by atoms with van der Waals surface area (Å²) in [5.41, 5.74) is 0. The number of hydrogen-bond donors (Lipinski definition) is 1. The van der Waals surface area contributed by atoms with Crippen molar-refractivity contribution in [3.8, 4) is 0 Å². The van der Waals surface area contributed by atoms with E-state index in [0.29, 0.717) is 31.2 Å². The van der Waals surface area contributed by atoms with Crippen molar-refractivity contribution < 1.29 is 23.9 Å². The summed E-state index contributed by atoms with van der Waals surface area (Å²) in [6.45, 7) is 3.12. The van der Waals surface area contributed by atoms with Crippen LogP contribution in [0.1, 0.15) is 6.92 Å². The second-order valence-electron chi connectivity index (χ2n) is 4.05. The summed E-state index contributed by atoms with van der Waals surface area (Å²) in [5.74, 6) is -2.35. The molecule has 98 valence electrons. The number of nitrogens with zero attached hydrogens (tertiary/aromatic N) is 2. The van der Waals surface area contributed by atoms with Crippen LogP contribution in [0.3, 0.4) is 0 Å². The van der Waals surface area contributed by atoms with Gasteiger partial charge in [-0.05, 0) is 6.92 Å². The molecule has 1 N–H and O–H groups in total. The van der Waals surface area contributed by atoms with Gasteiger partial charge in [0.1, 0.15) is 6.04 Å². The van der Waals surface area contributed by atoms with Gasteiger partial charge in [0, 0.05) is 13.1 Å². The SMILES string of the molecule is CC(C(=O)N1CCOCC1)N1C(=O)NC(=O)C1=O. The Bertz CT molecular complexity index is 416. The molecule has 5 amide bonds. The van der Waals surface area contributed by atoms with Gasteiger partial charge >= 0.3 is 17.8 Å². The molecule has 2 fully saturated rings. The summed E-state index contributed by atoms with van der Waals surface area (Å²) in [7, 11) is 0. The molecule has 0 bridgehead atoms. The van der Waals surface area contributed by atoms with Crippen molar-refractivity contribution in [1.29, 1.82) is 0 Å². The first kappa shape index (κ1) is 12.5. The summed E-state index contributed by atoms with van der Waals surface area (Å²) in [5, 5.41) is 1.86. The maximum Gasteiger partial charge on any atom is 0.332 e. The molecule has 0 aromatic rings. The maximum absolute atomic E-state index is 12.1. The fourth-order valence-electron chi connectivity index (χ4n) is 1.92. The van der Waals surface area contributed by atoms with E-state index in [0.717, 1.165) is 0 Å². The van der Waals surface area contributed by atoms with E-state index in [1.165, 1.54) is 11.8 Å². The molecule has 0 aromatic carbocycles. The van der Waals surface area contributed by atoms with Gasteiger partial charge in [0.05, 0.1) is 13.2 Å². The van der Waals surface area contributed by atoms with Crippen LogP contribution in [0.15, 0.2) is 0 Å². The van der Waals surface area contributed by atoms with Crippen molar-refractivity contribution in [1.82, 2.24) is 15.1 Å². The Hall–Kier alpha value is -1.96. The van der Waals surface area contributed by atoms with Crippen LogP contribution in [0.5, 0.6) is 0 Å². The summed E-state index contributed by atoms with van der Waals surface area (Å²) < 4.78 is 5.11. The van der Waals surface area contributed by atoms with Crippen molar-refractivity contribution in [2.75, 3.05) is 26.3 Å². The molecular formula is C10H13N3O5. The molecule has 8 heteroatoms. The van der Waals surface area contributed by atoms with Crippen molar-refractivity contribution in [2.24, 2.45) is 0 Å². The van der Waals surface area contributed by atoms with Crippen LogP contribution >= 0.6 is 0 Å². The van der Waals surface area contributed by atoms with Gasteiger partial charge < -0.3 is 9.64 Å². The van der Waals surface area contributed by atoms with E-state index in [2.05, 4.69) is 0 Å². The third-order valence-electron chi connectivity index (χ3n) is 2.92. The Morgan fingerprint density at radius 2 is 1.89 bits per heavy atom. The van der Waals surface area contributed by atoms with Crippen LogP contribution in [0.2, 0.25) is 0 Å². The van der Waals surface area contributed by atoms with Crippen molar-refractivity contribution >= 4 is 23.8 Å². The average molecular weight is 255 g/mol. The average Bonchev–Trinajstić information content (AvgIpc) is 2.63. The van der Waals surface area contributed by atoms with Crippen LogP contribution in [0.25, 0.3) is 0 Å². The molecular weight excluding hydrogens is 242 g/mol. The molecule has 0 aromatic heterocycles. The standard InChI is InChI=1S/C10H13N3O5/c1-6(8(15)12-2-4-18-5-3-12)13-9(16)7(14)11-10(13)17/h6H,2-5H2,1H3,(H,11,14,17). The van der Waals surface area contributed by atoms with E-state index in [-0.39, 0.29) is 5.91 Å². The van der Waals surface area contributed by atoms with Crippen molar-refractivity contribution in [3.63, 3.8) is 0 Å². The highest BCUT2D eigenvalue weighted by Gasteiger charge is 2.43. The predicted octanol–water partition coefficient (Wildman–Crippen LogP) is -1.69. The van der Waals surface area contributed by atoms with Crippen LogP contribution in [0, 0.1) is 0 Å². The first-order chi connectivity index (χ1) is 8.52. The summed E-state index contributed by atoms with van der Waals surface area (Å²) in [4.78, 5) is 48.1. The molecule has 0 aliphatic carbocycles. The summed E-state index contributed by atoms with van der Waals surface area (Å²) in [6.07, 6.45) is 0. The van der Waals surface area contributed by atoms with Crippen LogP contribution in [0.4, 0.5) is 4.79 Å². The molecule has 1 unspecified atom stereocenters. The Labute approximate surface area is 103 Å². The first-order valence-electron chi connectivity index (χ1n) is 5.57. The van der Waals surface area contributed by atoms with E-state index < -0.39 is 23.9 Å². The lowest BCUT2D eigenvalue weighted by molar-refractivity contribution is -0.147. The zero-order valence-electron chi connectivity index (χ0n) is 9.84. The molecule has 0 spiro atoms. The van der Waals surface area contributed by atoms with E-state index in [1.807, 2.05) is 5.32 Å². The van der Waals surface area contributed by atoms with Gasteiger partial charge in [-0.15, -0.1) is 0 Å². The zero-order chi connectivity index (χ0) is 13.3. The van der Waals surface area contributed by atoms with Gasteiger partial charge in [-0.3, -0.25) is 19.7 Å². The van der Waals surface area contributed by atoms with Crippen molar-refractivity contribution in [2.45, 2.75) is 13.0 Å². The monoisotopic (exact) mass is 255 g/mol. The number of morpholine rings is 1. The van der Waals surface area contributed by atoms with Gasteiger partial charge in [-0.2, -0.15) is 0 Å². The molecule has 2 rings (SSSR count). The molecule has 0 radical (unpaired) electrons. The second kappa shape index (κ2) is 4.73. The number of hydrogen-bond acceptors (Lipinski definition) is 5. The number of urea groups is 1. The van der Waals surface area contributed by atoms with Gasteiger partial charge in [0.15, 0.2) is 0 Å². The maximum atomic E-state index is 12.1. The van der Waals surface area contributed by atoms with Gasteiger partial charge in [0.25, 0.3) is 0 Å². The number of ether oxygens (including phenoxy) is 1. The highest BCUT2D eigenvalue weighted by molar-refractivity contribution is 6.45. The Morgan fingerprint density at radius 3 is 2.39 bits per heavy atom. The number of nitrogens with one attached hydrogen (secondary N) is 1. The number of carbonyl (C=O) groups is 4. The first-order valence-corrected chi connectivity index (χ1v) is 5.57. The lowest BCUT2D eigenvalue weighted by Gasteiger charge is -2.31. The van der Waals surface area contributed by atoms with E-state index in [1.54, 1.807) is 0 Å². The van der Waals surface area contributed by atoms with Gasteiger partial charge in [-0.25, -0.2) is 9.69 Å². The fraction of sp³-hybridized carbons (Fsp3) is 0.600. The van der Waals surface area contributed by atoms with Gasteiger partial charge in [0.2, 0.25) is 5.91 Å². The Kier molecular flexibility index (Phi) is 3.28. The highest BCUT2D eigenvalue weighted by Crippen LogP contribution is 2.11. The van der Waals surface area contributed by atoms with Crippen LogP contribution in [-0.4, -0.2) is 65.9 Å². The lowest BCUT2D eigenvalue weighted by Crippen LogP contribution is -2.52. The molecule has 2 aliphatic heterocycles. The van der Waals surface area contributed by atoms with E-state index in [4.69, 9.17) is 4.74 Å². The van der Waals surface area contributed by atoms with Crippen LogP contribution < -0.4 is 5.32 Å². The minimum Gasteiger partial charge on any atom is -0.378 e. The quantitative estimate of drug-likeness (QED) is 0.469. The van der Waals surface area contributed by atoms with Crippen molar-refractivity contribution in [3.05, 3.63) is 0 Å². The Balaban J connectivity index is 2.08. The second-order valence-corrected chi connectivity index (χ2v) is 4.05. The minimum atomic E-state index is -0.998. The number of rotatable bonds is 2. The van der Waals surface area contributed by atoms with E-state index in [9.17, 15) is 19.2 Å². The third-order valence-corrected chi connectivity index (χ3v) is 2.92. The third kappa shape index (κ3) is 2.06. The normalized spacial score (nSPS) is 22.2. The predicted molar refractivity (Wildman–Crippen MR) is 57.2 cm³/mol. The summed E-state index contributed by atoms with van der Waals surface area (Å²) >= 11 is 0. The number of carbonyl (C=O) groups excluding carboxylic acids is 4. The number of imide groups is 2. The number of amides is 5. The van der Waals surface area contributed by atoms with Crippen LogP contribution in [-0.2, 0) is 19.1 Å².